The predicted octanol–water partition coefficient (Wildman–Crippen LogP) is 1.86. The average molecular weight is 342 g/mol. The van der Waals surface area contributed by atoms with Gasteiger partial charge < -0.3 is 14.8 Å². The number of nitrogens with zero attached hydrogens (tertiary/aromatic N) is 3. The van der Waals surface area contributed by atoms with E-state index in [2.05, 4.69) is 15.4 Å². The molecule has 1 aromatic heterocycles. The van der Waals surface area contributed by atoms with Crippen LogP contribution in [-0.2, 0) is 16.1 Å². The van der Waals surface area contributed by atoms with Crippen molar-refractivity contribution in [3.05, 3.63) is 42.5 Å². The molecular formula is C18H22N4O3. The van der Waals surface area contributed by atoms with Gasteiger partial charge in [0.15, 0.2) is 0 Å². The number of aromatic nitrogens is 3. The molecule has 0 unspecified atom stereocenters. The smallest absolute Gasteiger partial charge is 0.222 e. The third kappa shape index (κ3) is 3.51. The highest BCUT2D eigenvalue weighted by molar-refractivity contribution is 5.76. The molecular weight excluding hydrogens is 320 g/mol. The van der Waals surface area contributed by atoms with Crippen molar-refractivity contribution in [2.24, 2.45) is 0 Å². The minimum Gasteiger partial charge on any atom is -0.487 e. The Morgan fingerprint density at radius 3 is 2.96 bits per heavy atom. The molecule has 1 aromatic carbocycles. The third-order valence-corrected chi connectivity index (χ3v) is 4.97. The number of carbonyl (C=O) groups excluding carboxylic acids is 1. The van der Waals surface area contributed by atoms with Gasteiger partial charge in [-0.15, -0.1) is 0 Å². The van der Waals surface area contributed by atoms with Crippen LogP contribution in [-0.4, -0.2) is 39.5 Å². The second kappa shape index (κ2) is 6.84. The van der Waals surface area contributed by atoms with Gasteiger partial charge in [-0.25, -0.2) is 4.98 Å². The van der Waals surface area contributed by atoms with E-state index in [0.717, 1.165) is 30.6 Å². The Bertz CT molecular complexity index is 726. The van der Waals surface area contributed by atoms with Crippen LogP contribution in [0, 0.1) is 0 Å². The van der Waals surface area contributed by atoms with Crippen molar-refractivity contribution < 1.29 is 14.3 Å². The molecule has 1 spiro atoms. The third-order valence-electron chi connectivity index (χ3n) is 4.97. The van der Waals surface area contributed by atoms with Gasteiger partial charge in [0, 0.05) is 31.2 Å². The molecule has 0 radical (unpaired) electrons. The zero-order chi connectivity index (χ0) is 17.1. The van der Waals surface area contributed by atoms with Gasteiger partial charge in [-0.2, -0.15) is 5.10 Å². The molecule has 0 aliphatic carbocycles. The van der Waals surface area contributed by atoms with E-state index >= 15 is 0 Å². The standard InChI is InChI=1S/C18H22N4O3/c23-17(5-8-22-13-19-12-20-22)21-15-11-18(6-9-24-10-7-18)25-16-4-2-1-3-14(15)16/h1-4,12-13,15H,5-11H2,(H,21,23)/t15-/m0/s1. The number of hydrogen-bond acceptors (Lipinski definition) is 5. The van der Waals surface area contributed by atoms with E-state index in [1.54, 1.807) is 11.0 Å². The van der Waals surface area contributed by atoms with Gasteiger partial charge in [-0.1, -0.05) is 18.2 Å². The van der Waals surface area contributed by atoms with Crippen LogP contribution in [0.15, 0.2) is 36.9 Å². The summed E-state index contributed by atoms with van der Waals surface area (Å²) in [5.41, 5.74) is 0.810. The zero-order valence-corrected chi connectivity index (χ0v) is 14.1. The molecule has 7 heteroatoms. The molecule has 4 rings (SSSR count). The van der Waals surface area contributed by atoms with Crippen molar-refractivity contribution in [2.75, 3.05) is 13.2 Å². The Hall–Kier alpha value is -2.41. The number of hydrogen-bond donors (Lipinski definition) is 1. The van der Waals surface area contributed by atoms with E-state index in [1.165, 1.54) is 6.33 Å². The van der Waals surface area contributed by atoms with Crippen LogP contribution in [0.25, 0.3) is 0 Å². The molecule has 3 heterocycles. The lowest BCUT2D eigenvalue weighted by Gasteiger charge is -2.44. The molecule has 2 aliphatic rings. The molecule has 1 atom stereocenters. The highest BCUT2D eigenvalue weighted by Gasteiger charge is 2.42. The summed E-state index contributed by atoms with van der Waals surface area (Å²) in [6.07, 6.45) is 5.95. The summed E-state index contributed by atoms with van der Waals surface area (Å²) < 4.78 is 13.5. The first kappa shape index (κ1) is 16.1. The summed E-state index contributed by atoms with van der Waals surface area (Å²) in [5, 5.41) is 7.22. The monoisotopic (exact) mass is 342 g/mol. The molecule has 132 valence electrons. The Morgan fingerprint density at radius 1 is 1.32 bits per heavy atom. The van der Waals surface area contributed by atoms with Crippen LogP contribution in [0.1, 0.15) is 37.3 Å². The Morgan fingerprint density at radius 2 is 2.16 bits per heavy atom. The van der Waals surface area contributed by atoms with Crippen LogP contribution >= 0.6 is 0 Å². The van der Waals surface area contributed by atoms with E-state index in [4.69, 9.17) is 9.47 Å². The van der Waals surface area contributed by atoms with Gasteiger partial charge in [-0.05, 0) is 6.07 Å². The van der Waals surface area contributed by atoms with Crippen LogP contribution in [0.5, 0.6) is 5.75 Å². The lowest BCUT2D eigenvalue weighted by atomic mass is 9.82. The van der Waals surface area contributed by atoms with Crippen molar-refractivity contribution in [3.8, 4) is 5.75 Å². The molecule has 1 saturated heterocycles. The molecule has 1 amide bonds. The number of aryl methyl sites for hydroxylation is 1. The average Bonchev–Trinajstić information content (AvgIpc) is 3.14. The van der Waals surface area contributed by atoms with Crippen molar-refractivity contribution >= 4 is 5.91 Å². The first-order valence-corrected chi connectivity index (χ1v) is 8.72. The summed E-state index contributed by atoms with van der Waals surface area (Å²) in [4.78, 5) is 16.3. The summed E-state index contributed by atoms with van der Waals surface area (Å²) in [6.45, 7) is 1.93. The Kier molecular flexibility index (Phi) is 4.40. The van der Waals surface area contributed by atoms with Gasteiger partial charge in [0.25, 0.3) is 0 Å². The molecule has 0 bridgehead atoms. The SMILES string of the molecule is O=C(CCn1cncn1)N[C@H]1CC2(CCOCC2)Oc2ccccc21. The van der Waals surface area contributed by atoms with E-state index < -0.39 is 0 Å². The Labute approximate surface area is 146 Å². The molecule has 2 aromatic rings. The maximum Gasteiger partial charge on any atom is 0.222 e. The van der Waals surface area contributed by atoms with Gasteiger partial charge in [0.05, 0.1) is 25.8 Å². The minimum absolute atomic E-state index is 0.0133. The number of rotatable bonds is 4. The van der Waals surface area contributed by atoms with Crippen LogP contribution < -0.4 is 10.1 Å². The summed E-state index contributed by atoms with van der Waals surface area (Å²) in [7, 11) is 0. The number of ether oxygens (including phenoxy) is 2. The largest absolute Gasteiger partial charge is 0.487 e. The number of benzene rings is 1. The van der Waals surface area contributed by atoms with Gasteiger partial charge in [-0.3, -0.25) is 9.48 Å². The molecule has 1 N–H and O–H groups in total. The summed E-state index contributed by atoms with van der Waals surface area (Å²) in [5.74, 6) is 0.886. The van der Waals surface area contributed by atoms with Crippen molar-refractivity contribution in [1.82, 2.24) is 20.1 Å². The van der Waals surface area contributed by atoms with Gasteiger partial charge in [0.2, 0.25) is 5.91 Å². The van der Waals surface area contributed by atoms with E-state index in [0.29, 0.717) is 26.2 Å². The number of fused-ring (bicyclic) bond motifs is 1. The minimum atomic E-state index is -0.240. The fourth-order valence-corrected chi connectivity index (χ4v) is 3.63. The van der Waals surface area contributed by atoms with E-state index in [1.807, 2.05) is 24.3 Å². The van der Waals surface area contributed by atoms with Gasteiger partial charge in [0.1, 0.15) is 24.0 Å². The summed E-state index contributed by atoms with van der Waals surface area (Å²) in [6, 6.07) is 7.94. The highest BCUT2D eigenvalue weighted by Crippen LogP contribution is 2.43. The van der Waals surface area contributed by atoms with Crippen molar-refractivity contribution in [1.29, 1.82) is 0 Å². The maximum absolute atomic E-state index is 12.4. The van der Waals surface area contributed by atoms with Crippen molar-refractivity contribution in [2.45, 2.75) is 43.9 Å². The lowest BCUT2D eigenvalue weighted by Crippen LogP contribution is -2.48. The number of amides is 1. The van der Waals surface area contributed by atoms with Crippen LogP contribution in [0.3, 0.4) is 0 Å². The maximum atomic E-state index is 12.4. The fourth-order valence-electron chi connectivity index (χ4n) is 3.63. The highest BCUT2D eigenvalue weighted by atomic mass is 16.5. The zero-order valence-electron chi connectivity index (χ0n) is 14.1. The second-order valence-electron chi connectivity index (χ2n) is 6.67. The molecule has 25 heavy (non-hydrogen) atoms. The molecule has 2 aliphatic heterocycles. The lowest BCUT2D eigenvalue weighted by molar-refractivity contribution is -0.123. The molecule has 0 saturated carbocycles. The predicted molar refractivity (Wildman–Crippen MR) is 90.0 cm³/mol. The number of nitrogens with one attached hydrogen (secondary N) is 1. The second-order valence-corrected chi connectivity index (χ2v) is 6.67. The number of para-hydroxylation sites is 1. The Balaban J connectivity index is 1.48. The molecule has 1 fully saturated rings. The quantitative estimate of drug-likeness (QED) is 0.917. The van der Waals surface area contributed by atoms with Crippen molar-refractivity contribution in [3.63, 3.8) is 0 Å². The van der Waals surface area contributed by atoms with Crippen LogP contribution in [0.2, 0.25) is 0 Å². The first-order valence-electron chi connectivity index (χ1n) is 8.72. The van der Waals surface area contributed by atoms with Crippen LogP contribution in [0.4, 0.5) is 0 Å². The van der Waals surface area contributed by atoms with E-state index in [-0.39, 0.29) is 17.6 Å². The molecule has 7 nitrogen and oxygen atoms in total. The number of carbonyl (C=O) groups is 1. The first-order chi connectivity index (χ1) is 12.2. The van der Waals surface area contributed by atoms with E-state index in [9.17, 15) is 4.79 Å². The normalized spacial score (nSPS) is 21.4. The topological polar surface area (TPSA) is 78.3 Å². The van der Waals surface area contributed by atoms with Gasteiger partial charge >= 0.3 is 0 Å². The fraction of sp³-hybridized carbons (Fsp3) is 0.500. The summed E-state index contributed by atoms with van der Waals surface area (Å²) >= 11 is 0.